The molecule has 0 radical (unpaired) electrons. The zero-order valence-electron chi connectivity index (χ0n) is 25.2. The Labute approximate surface area is 273 Å². The first-order valence-corrected chi connectivity index (χ1v) is 16.1. The molecule has 13 heteroatoms. The molecule has 5 heterocycles. The molecule has 2 N–H and O–H groups in total. The number of thiophene rings is 1. The molecule has 0 bridgehead atoms. The van der Waals surface area contributed by atoms with Crippen LogP contribution in [0.2, 0.25) is 5.02 Å². The second-order valence-corrected chi connectivity index (χ2v) is 13.3. The van der Waals surface area contributed by atoms with Crippen molar-refractivity contribution in [2.24, 2.45) is 0 Å². The average molecular weight is 665 g/mol. The van der Waals surface area contributed by atoms with Crippen LogP contribution >= 0.6 is 22.9 Å². The zero-order valence-corrected chi connectivity index (χ0v) is 26.7. The van der Waals surface area contributed by atoms with Gasteiger partial charge in [-0.05, 0) is 37.4 Å². The van der Waals surface area contributed by atoms with Crippen molar-refractivity contribution in [3.05, 3.63) is 65.0 Å². The summed E-state index contributed by atoms with van der Waals surface area (Å²) < 4.78 is 50.2. The topological polar surface area (TPSA) is 90.3 Å². The van der Waals surface area contributed by atoms with Gasteiger partial charge in [0.2, 0.25) is 5.69 Å². The summed E-state index contributed by atoms with van der Waals surface area (Å²) in [5.41, 5.74) is 7.11. The summed E-state index contributed by atoms with van der Waals surface area (Å²) in [6.07, 6.45) is 4.53. The van der Waals surface area contributed by atoms with Crippen LogP contribution in [0.5, 0.6) is 11.8 Å². The monoisotopic (exact) mass is 664 g/mol. The van der Waals surface area contributed by atoms with E-state index in [1.165, 1.54) is 12.1 Å². The lowest BCUT2D eigenvalue weighted by molar-refractivity contribution is 0.108. The predicted molar refractivity (Wildman–Crippen MR) is 177 cm³/mol. The van der Waals surface area contributed by atoms with Gasteiger partial charge in [-0.15, -0.1) is 17.9 Å². The average Bonchev–Trinajstić information content (AvgIpc) is 3.65. The molecule has 0 unspecified atom stereocenters. The molecule has 0 spiro atoms. The minimum absolute atomic E-state index is 0.00244. The SMILES string of the molecule is [C-]#[N+]c1c(N)sc2c(F)ccc(-c3c(Cl)c4c5c(nc(OC[C@@]67CCCN6CC(=C)C7)nc5c3F)N(CCOC)[C@H](C=C)CO4)c12. The zero-order chi connectivity index (χ0) is 32.3. The third-order valence-electron chi connectivity index (χ3n) is 9.20. The van der Waals surface area contributed by atoms with Gasteiger partial charge < -0.3 is 24.8 Å². The van der Waals surface area contributed by atoms with Crippen LogP contribution in [0.1, 0.15) is 19.3 Å². The van der Waals surface area contributed by atoms with Crippen LogP contribution in [-0.4, -0.2) is 73.0 Å². The third-order valence-corrected chi connectivity index (χ3v) is 10.6. The maximum absolute atomic E-state index is 17.1. The Morgan fingerprint density at radius 3 is 2.91 bits per heavy atom. The van der Waals surface area contributed by atoms with Crippen molar-refractivity contribution < 1.29 is 23.0 Å². The quantitative estimate of drug-likeness (QED) is 0.157. The standard InChI is InChI=1S/C33H31ClF2N6O3S/c1-5-18-15-44-28-23-26(25(36)21(24(28)34)19-7-8-20(35)29-22(19)27(38-3)30(37)46-29)39-32(40-31(23)42(18)11-12-43-4)45-16-33-9-6-10-41(33)14-17(2)13-33/h5,7-8,18H,1-2,6,9-16,37H2,4H3/t18-,33+/m1/s1. The number of benzene rings is 2. The van der Waals surface area contributed by atoms with Crippen LogP contribution in [0, 0.1) is 18.2 Å². The van der Waals surface area contributed by atoms with Gasteiger partial charge in [-0.25, -0.2) is 13.6 Å². The van der Waals surface area contributed by atoms with Crippen LogP contribution in [0.3, 0.4) is 0 Å². The van der Waals surface area contributed by atoms with E-state index >= 15 is 4.39 Å². The molecular weight excluding hydrogens is 634 g/mol. The number of anilines is 2. The van der Waals surface area contributed by atoms with Gasteiger partial charge in [0.1, 0.15) is 30.4 Å². The highest BCUT2D eigenvalue weighted by atomic mass is 35.5. The first kappa shape index (κ1) is 30.6. The second-order valence-electron chi connectivity index (χ2n) is 11.9. The van der Waals surface area contributed by atoms with Crippen LogP contribution in [0.15, 0.2) is 36.9 Å². The summed E-state index contributed by atoms with van der Waals surface area (Å²) in [4.78, 5) is 17.3. The Morgan fingerprint density at radius 2 is 2.15 bits per heavy atom. The van der Waals surface area contributed by atoms with Gasteiger partial charge in [0.15, 0.2) is 11.6 Å². The van der Waals surface area contributed by atoms with E-state index in [4.69, 9.17) is 43.1 Å². The Balaban J connectivity index is 1.47. The van der Waals surface area contributed by atoms with E-state index < -0.39 is 11.6 Å². The summed E-state index contributed by atoms with van der Waals surface area (Å²) in [5, 5.41) is 0.513. The lowest BCUT2D eigenvalue weighted by Crippen LogP contribution is -2.43. The first-order chi connectivity index (χ1) is 22.2. The largest absolute Gasteiger partial charge is 0.489 e. The number of rotatable bonds is 8. The van der Waals surface area contributed by atoms with Gasteiger partial charge in [-0.2, -0.15) is 9.97 Å². The van der Waals surface area contributed by atoms with Gasteiger partial charge in [0.05, 0.1) is 44.9 Å². The van der Waals surface area contributed by atoms with Crippen LogP contribution in [0.4, 0.5) is 25.3 Å². The second kappa shape index (κ2) is 11.7. The molecule has 9 nitrogen and oxygen atoms in total. The lowest BCUT2D eigenvalue weighted by Gasteiger charge is -2.31. The molecule has 3 aliphatic heterocycles. The smallest absolute Gasteiger partial charge is 0.319 e. The molecule has 0 saturated carbocycles. The third kappa shape index (κ3) is 4.68. The van der Waals surface area contributed by atoms with Crippen LogP contribution < -0.4 is 20.1 Å². The number of nitrogens with two attached hydrogens (primary N) is 1. The van der Waals surface area contributed by atoms with E-state index in [2.05, 4.69) is 27.9 Å². The molecule has 0 aliphatic carbocycles. The van der Waals surface area contributed by atoms with Crippen molar-refractivity contribution in [1.29, 1.82) is 0 Å². The molecule has 2 fully saturated rings. The summed E-state index contributed by atoms with van der Waals surface area (Å²) in [6.45, 7) is 18.9. The molecular formula is C33H31ClF2N6O3S. The number of hydrogen-bond acceptors (Lipinski definition) is 9. The maximum atomic E-state index is 17.1. The van der Waals surface area contributed by atoms with Crippen molar-refractivity contribution in [3.63, 3.8) is 0 Å². The van der Waals surface area contributed by atoms with Gasteiger partial charge in [0.25, 0.3) is 0 Å². The van der Waals surface area contributed by atoms with Crippen molar-refractivity contribution >= 4 is 60.4 Å². The number of fused-ring (bicyclic) bond motifs is 2. The highest BCUT2D eigenvalue weighted by Crippen LogP contribution is 2.53. The number of nitrogen functional groups attached to an aromatic ring is 1. The lowest BCUT2D eigenvalue weighted by atomic mass is 9.94. The number of halogens is 3. The highest BCUT2D eigenvalue weighted by molar-refractivity contribution is 7.23. The van der Waals surface area contributed by atoms with Gasteiger partial charge in [0, 0.05) is 31.1 Å². The van der Waals surface area contributed by atoms with E-state index in [1.54, 1.807) is 13.2 Å². The Hall–Kier alpha value is -4.02. The van der Waals surface area contributed by atoms with E-state index in [-0.39, 0.29) is 77.8 Å². The van der Waals surface area contributed by atoms with Gasteiger partial charge in [-0.1, -0.05) is 35.9 Å². The molecule has 4 aromatic rings. The molecule has 7 rings (SSSR count). The molecule has 3 aliphatic rings. The van der Waals surface area contributed by atoms with Crippen molar-refractivity contribution in [2.75, 3.05) is 57.2 Å². The van der Waals surface area contributed by atoms with Gasteiger partial charge in [-0.3, -0.25) is 4.90 Å². The van der Waals surface area contributed by atoms with Crippen LogP contribution in [-0.2, 0) is 4.74 Å². The molecule has 2 saturated heterocycles. The summed E-state index contributed by atoms with van der Waals surface area (Å²) in [6, 6.07) is 2.23. The van der Waals surface area contributed by atoms with Gasteiger partial charge >= 0.3 is 6.01 Å². The minimum Gasteiger partial charge on any atom is -0.489 e. The number of hydrogen-bond donors (Lipinski definition) is 1. The number of aromatic nitrogens is 2. The fraction of sp³-hybridized carbons (Fsp3) is 0.364. The Kier molecular flexibility index (Phi) is 7.76. The fourth-order valence-electron chi connectivity index (χ4n) is 7.09. The van der Waals surface area contributed by atoms with Crippen molar-refractivity contribution in [2.45, 2.75) is 30.8 Å². The fourth-order valence-corrected chi connectivity index (χ4v) is 8.36. The van der Waals surface area contributed by atoms with E-state index in [1.807, 2.05) is 4.90 Å². The number of nitrogens with zero attached hydrogens (tertiary/aromatic N) is 5. The first-order valence-electron chi connectivity index (χ1n) is 14.9. The Bertz CT molecular complexity index is 1980. The molecule has 2 aromatic carbocycles. The highest BCUT2D eigenvalue weighted by Gasteiger charge is 2.46. The van der Waals surface area contributed by atoms with E-state index in [0.717, 1.165) is 49.3 Å². The maximum Gasteiger partial charge on any atom is 0.319 e. The molecule has 2 atom stereocenters. The summed E-state index contributed by atoms with van der Waals surface area (Å²) >= 11 is 7.95. The van der Waals surface area contributed by atoms with Crippen LogP contribution in [0.25, 0.3) is 37.0 Å². The molecule has 2 aromatic heterocycles. The van der Waals surface area contributed by atoms with Crippen molar-refractivity contribution in [3.8, 4) is 22.9 Å². The predicted octanol–water partition coefficient (Wildman–Crippen LogP) is 7.15. The van der Waals surface area contributed by atoms with E-state index in [0.29, 0.717) is 25.6 Å². The number of ether oxygens (including phenoxy) is 3. The number of methoxy groups -OCH3 is 1. The summed E-state index contributed by atoms with van der Waals surface area (Å²) in [7, 11) is 1.60. The molecule has 46 heavy (non-hydrogen) atoms. The summed E-state index contributed by atoms with van der Waals surface area (Å²) in [5.74, 6) is -0.827. The normalized spacial score (nSPS) is 21.0. The molecule has 238 valence electrons. The molecule has 0 amide bonds. The Morgan fingerprint density at radius 1 is 1.33 bits per heavy atom. The minimum atomic E-state index is -0.784. The van der Waals surface area contributed by atoms with Crippen molar-refractivity contribution in [1.82, 2.24) is 14.9 Å². The van der Waals surface area contributed by atoms with E-state index in [9.17, 15) is 4.39 Å².